The van der Waals surface area contributed by atoms with Crippen LogP contribution in [0.4, 0.5) is 15.3 Å². The first-order chi connectivity index (χ1) is 29.3. The first-order valence-electron chi connectivity index (χ1n) is 21.2. The summed E-state index contributed by atoms with van der Waals surface area (Å²) in [6.07, 6.45) is 0.523. The standard InChI is InChI=1S/C46H59N7O9/c1-27(2)37(49(5)43(59)60)39(55)51-25-7-23-45(51,41(47)57)31-13-9-29(10-14-31)35-21-22-36(53(35)33-17-19-34(54)20-18-33)30-11-15-32(16-12-30)46(42(48)58)24-8-26-52(46)40(56)38(28(3)4)50(6)44(61)62/h9-20,27-28,35-38,54H,7-8,21-26H2,1-6H3,(H2,47,57)(H2,48,58)(H,59,60)(H,61,62)/t35-,36-,37+,38+,45+,46+/m1/s1. The number of hydrogen-bond donors (Lipinski definition) is 5. The molecule has 0 bridgehead atoms. The summed E-state index contributed by atoms with van der Waals surface area (Å²) in [6, 6.07) is 19.6. The molecular formula is C46H59N7O9. The van der Waals surface area contributed by atoms with E-state index < -0.39 is 59.0 Å². The Bertz CT molecular complexity index is 2050. The highest BCUT2D eigenvalue weighted by atomic mass is 16.4. The van der Waals surface area contributed by atoms with E-state index in [0.29, 0.717) is 24.0 Å². The van der Waals surface area contributed by atoms with Crippen molar-refractivity contribution in [1.82, 2.24) is 19.6 Å². The number of primary amides is 2. The zero-order chi connectivity index (χ0) is 45.4. The molecule has 16 nitrogen and oxygen atoms in total. The number of hydrogen-bond acceptors (Lipinski definition) is 8. The molecule has 6 rings (SSSR count). The van der Waals surface area contributed by atoms with E-state index in [1.165, 1.54) is 23.9 Å². The average Bonchev–Trinajstić information content (AvgIpc) is 4.00. The fourth-order valence-electron chi connectivity index (χ4n) is 10.4. The minimum Gasteiger partial charge on any atom is -0.508 e. The molecule has 3 heterocycles. The molecule has 0 aromatic heterocycles. The Morgan fingerprint density at radius 1 is 0.613 bits per heavy atom. The Labute approximate surface area is 362 Å². The molecule has 3 fully saturated rings. The lowest BCUT2D eigenvalue weighted by Gasteiger charge is -2.41. The minimum absolute atomic E-state index is 0.109. The molecule has 62 heavy (non-hydrogen) atoms. The number of aromatic hydroxyl groups is 1. The van der Waals surface area contributed by atoms with Crippen LogP contribution in [0.15, 0.2) is 72.8 Å². The van der Waals surface area contributed by atoms with Crippen molar-refractivity contribution in [3.05, 3.63) is 95.1 Å². The van der Waals surface area contributed by atoms with Crippen molar-refractivity contribution in [2.75, 3.05) is 32.1 Å². The molecule has 0 aliphatic carbocycles. The van der Waals surface area contributed by atoms with Gasteiger partial charge in [-0.25, -0.2) is 9.59 Å². The van der Waals surface area contributed by atoms with Crippen molar-refractivity contribution >= 4 is 41.5 Å². The molecule has 6 atom stereocenters. The predicted octanol–water partition coefficient (Wildman–Crippen LogP) is 5.35. The lowest BCUT2D eigenvalue weighted by Crippen LogP contribution is -2.59. The Balaban J connectivity index is 1.33. The highest BCUT2D eigenvalue weighted by Gasteiger charge is 2.54. The summed E-state index contributed by atoms with van der Waals surface area (Å²) in [5.41, 5.74) is 13.1. The van der Waals surface area contributed by atoms with Crippen LogP contribution in [-0.4, -0.2) is 110 Å². The number of phenolic OH excluding ortho intramolecular Hbond substituents is 1. The molecule has 3 aliphatic rings. The molecule has 0 saturated carbocycles. The van der Waals surface area contributed by atoms with Gasteiger partial charge in [0.15, 0.2) is 0 Å². The van der Waals surface area contributed by atoms with Crippen molar-refractivity contribution in [2.24, 2.45) is 23.3 Å². The largest absolute Gasteiger partial charge is 0.508 e. The number of rotatable bonds is 13. The first kappa shape index (κ1) is 45.2. The van der Waals surface area contributed by atoms with Crippen molar-refractivity contribution < 1.29 is 44.1 Å². The number of carbonyl (C=O) groups is 6. The Hall–Kier alpha value is -6.32. The zero-order valence-corrected chi connectivity index (χ0v) is 36.2. The van der Waals surface area contributed by atoms with Crippen molar-refractivity contribution in [1.29, 1.82) is 0 Å². The summed E-state index contributed by atoms with van der Waals surface area (Å²) in [7, 11) is 2.70. The van der Waals surface area contributed by atoms with Crippen LogP contribution in [-0.2, 0) is 30.3 Å². The van der Waals surface area contributed by atoms with E-state index >= 15 is 0 Å². The maximum atomic E-state index is 14.1. The van der Waals surface area contributed by atoms with Crippen LogP contribution in [0.25, 0.3) is 0 Å². The molecule has 16 heteroatoms. The molecular weight excluding hydrogens is 795 g/mol. The number of anilines is 1. The molecule has 332 valence electrons. The van der Waals surface area contributed by atoms with Crippen LogP contribution in [0.1, 0.15) is 101 Å². The maximum absolute atomic E-state index is 14.1. The first-order valence-corrected chi connectivity index (χ1v) is 21.2. The molecule has 0 spiro atoms. The fraction of sp³-hybridized carbons (Fsp3) is 0.478. The molecule has 3 aromatic carbocycles. The van der Waals surface area contributed by atoms with E-state index in [9.17, 15) is 44.1 Å². The van der Waals surface area contributed by atoms with E-state index in [-0.39, 0.29) is 55.6 Å². The Morgan fingerprint density at radius 3 is 1.27 bits per heavy atom. The topological polar surface area (TPSA) is 231 Å². The average molecular weight is 854 g/mol. The maximum Gasteiger partial charge on any atom is 0.407 e. The second-order valence-electron chi connectivity index (χ2n) is 17.6. The summed E-state index contributed by atoms with van der Waals surface area (Å²) >= 11 is 0. The van der Waals surface area contributed by atoms with Crippen molar-refractivity contribution in [2.45, 2.75) is 101 Å². The number of nitrogens with two attached hydrogens (primary N) is 2. The van der Waals surface area contributed by atoms with Gasteiger partial charge in [-0.3, -0.25) is 29.0 Å². The van der Waals surface area contributed by atoms with E-state index in [1.807, 2.05) is 60.7 Å². The lowest BCUT2D eigenvalue weighted by molar-refractivity contribution is -0.148. The highest BCUT2D eigenvalue weighted by Crippen LogP contribution is 2.49. The fourth-order valence-corrected chi connectivity index (χ4v) is 10.4. The summed E-state index contributed by atoms with van der Waals surface area (Å²) in [5, 5.41) is 29.8. The van der Waals surface area contributed by atoms with Gasteiger partial charge in [0.25, 0.3) is 0 Å². The number of likely N-dealkylation sites (N-methyl/N-ethyl adjacent to an activating group) is 2. The molecule has 0 radical (unpaired) electrons. The van der Waals surface area contributed by atoms with Gasteiger partial charge in [0.1, 0.15) is 28.9 Å². The van der Waals surface area contributed by atoms with E-state index in [1.54, 1.807) is 39.8 Å². The van der Waals surface area contributed by atoms with Gasteiger partial charge in [-0.2, -0.15) is 0 Å². The van der Waals surface area contributed by atoms with Crippen molar-refractivity contribution in [3.63, 3.8) is 0 Å². The van der Waals surface area contributed by atoms with Crippen molar-refractivity contribution in [3.8, 4) is 5.75 Å². The molecule has 7 N–H and O–H groups in total. The second-order valence-corrected chi connectivity index (χ2v) is 17.6. The number of amides is 6. The van der Waals surface area contributed by atoms with Gasteiger partial charge in [-0.05, 0) is 96.9 Å². The Morgan fingerprint density at radius 2 is 0.968 bits per heavy atom. The third-order valence-corrected chi connectivity index (χ3v) is 13.4. The summed E-state index contributed by atoms with van der Waals surface area (Å²) in [6.45, 7) is 7.54. The van der Waals surface area contributed by atoms with Crippen LogP contribution in [0, 0.1) is 11.8 Å². The van der Waals surface area contributed by atoms with Gasteiger partial charge >= 0.3 is 12.2 Å². The number of benzene rings is 3. The number of carbonyl (C=O) groups excluding carboxylic acids is 4. The van der Waals surface area contributed by atoms with Crippen LogP contribution in [0.5, 0.6) is 5.75 Å². The third-order valence-electron chi connectivity index (χ3n) is 13.4. The van der Waals surface area contributed by atoms with Gasteiger partial charge < -0.3 is 41.5 Å². The quantitative estimate of drug-likeness (QED) is 0.148. The van der Waals surface area contributed by atoms with E-state index in [2.05, 4.69) is 4.90 Å². The minimum atomic E-state index is -1.47. The van der Waals surface area contributed by atoms with Crippen LogP contribution in [0.3, 0.4) is 0 Å². The number of phenols is 1. The highest BCUT2D eigenvalue weighted by molar-refractivity contribution is 5.96. The monoisotopic (exact) mass is 853 g/mol. The lowest BCUT2D eigenvalue weighted by atomic mass is 9.84. The molecule has 0 unspecified atom stereocenters. The number of nitrogens with zero attached hydrogens (tertiary/aromatic N) is 5. The smallest absolute Gasteiger partial charge is 0.407 e. The van der Waals surface area contributed by atoms with Crippen LogP contribution >= 0.6 is 0 Å². The molecule has 3 saturated heterocycles. The van der Waals surface area contributed by atoms with E-state index in [0.717, 1.165) is 39.5 Å². The van der Waals surface area contributed by atoms with E-state index in [4.69, 9.17) is 11.5 Å². The van der Waals surface area contributed by atoms with Crippen LogP contribution in [0.2, 0.25) is 0 Å². The SMILES string of the molecule is CC(C)[C@@H](C(=O)N1CCC[C@@]1(C(N)=O)c1ccc([C@H]2CC[C@H](c3ccc([C@]4(C(N)=O)CCCN4C(=O)[C@H](C(C)C)N(C)C(=O)O)cc3)N2c2ccc(O)cc2)cc1)N(C)C(=O)O. The Kier molecular flexibility index (Phi) is 12.8. The van der Waals surface area contributed by atoms with Gasteiger partial charge in [-0.1, -0.05) is 76.2 Å². The van der Waals surface area contributed by atoms with Gasteiger partial charge in [0, 0.05) is 32.9 Å². The van der Waals surface area contributed by atoms with Crippen LogP contribution < -0.4 is 16.4 Å². The molecule has 3 aromatic rings. The predicted molar refractivity (Wildman–Crippen MR) is 231 cm³/mol. The summed E-state index contributed by atoms with van der Waals surface area (Å²) < 4.78 is 0. The number of likely N-dealkylation sites (tertiary alicyclic amines) is 2. The van der Waals surface area contributed by atoms with Gasteiger partial charge in [-0.15, -0.1) is 0 Å². The second kappa shape index (κ2) is 17.6. The van der Waals surface area contributed by atoms with Gasteiger partial charge in [0.2, 0.25) is 23.6 Å². The number of carboxylic acid groups (broad SMARTS) is 2. The summed E-state index contributed by atoms with van der Waals surface area (Å²) in [4.78, 5) is 86.2. The summed E-state index contributed by atoms with van der Waals surface area (Å²) in [5.74, 6) is -2.96. The normalized spacial score (nSPS) is 23.4. The third kappa shape index (κ3) is 7.75. The molecule has 6 amide bonds. The van der Waals surface area contributed by atoms with Gasteiger partial charge in [0.05, 0.1) is 12.1 Å². The zero-order valence-electron chi connectivity index (χ0n) is 36.2. The molecule has 3 aliphatic heterocycles.